The number of nitrogens with zero attached hydrogens (tertiary/aromatic N) is 3. The van der Waals surface area contributed by atoms with Gasteiger partial charge in [-0.15, -0.1) is 0 Å². The summed E-state index contributed by atoms with van der Waals surface area (Å²) in [7, 11) is -3.58. The van der Waals surface area contributed by atoms with Crippen LogP contribution in [0.4, 0.5) is 4.79 Å². The first-order valence-electron chi connectivity index (χ1n) is 9.88. The third-order valence-corrected chi connectivity index (χ3v) is 7.21. The first-order valence-corrected chi connectivity index (χ1v) is 11.3. The van der Waals surface area contributed by atoms with E-state index in [4.69, 9.17) is 9.47 Å². The van der Waals surface area contributed by atoms with Gasteiger partial charge in [0.15, 0.2) is 0 Å². The molecule has 2 aliphatic heterocycles. The molecule has 2 saturated heterocycles. The molecule has 1 aromatic rings. The first kappa shape index (κ1) is 20.9. The lowest BCUT2D eigenvalue weighted by Crippen LogP contribution is -2.54. The van der Waals surface area contributed by atoms with Crippen LogP contribution in [0.5, 0.6) is 5.75 Å². The molecule has 0 bridgehead atoms. The minimum atomic E-state index is -3.58. The highest BCUT2D eigenvalue weighted by Gasteiger charge is 2.40. The second kappa shape index (κ2) is 9.11. The Kier molecular flexibility index (Phi) is 6.79. The molecule has 0 radical (unpaired) electrons. The van der Waals surface area contributed by atoms with Gasteiger partial charge in [-0.1, -0.05) is 12.1 Å². The number of carbonyl (C=O) groups excluding carboxylic acids is 1. The van der Waals surface area contributed by atoms with E-state index >= 15 is 0 Å². The second-order valence-corrected chi connectivity index (χ2v) is 8.74. The zero-order valence-corrected chi connectivity index (χ0v) is 17.4. The fourth-order valence-corrected chi connectivity index (χ4v) is 5.60. The van der Waals surface area contributed by atoms with Crippen LogP contribution in [-0.4, -0.2) is 74.0 Å². The molecular formula is C19H29N3O5S. The van der Waals surface area contributed by atoms with Crippen LogP contribution in [0.15, 0.2) is 24.3 Å². The number of piperazine rings is 1. The Balaban J connectivity index is 1.68. The van der Waals surface area contributed by atoms with Crippen molar-refractivity contribution >= 4 is 16.3 Å². The van der Waals surface area contributed by atoms with Crippen molar-refractivity contribution in [2.24, 2.45) is 0 Å². The summed E-state index contributed by atoms with van der Waals surface area (Å²) in [6.45, 7) is 6.38. The van der Waals surface area contributed by atoms with Gasteiger partial charge in [0.05, 0.1) is 19.3 Å². The van der Waals surface area contributed by atoms with Crippen LogP contribution >= 0.6 is 0 Å². The highest BCUT2D eigenvalue weighted by Crippen LogP contribution is 2.36. The number of carbonyl (C=O) groups is 1. The smallest absolute Gasteiger partial charge is 0.409 e. The van der Waals surface area contributed by atoms with Crippen LogP contribution in [0.1, 0.15) is 38.3 Å². The summed E-state index contributed by atoms with van der Waals surface area (Å²) >= 11 is 0. The topological polar surface area (TPSA) is 79.4 Å². The quantitative estimate of drug-likeness (QED) is 0.717. The van der Waals surface area contributed by atoms with E-state index in [1.54, 1.807) is 16.1 Å². The number of amides is 1. The highest BCUT2D eigenvalue weighted by atomic mass is 32.2. The molecule has 1 atom stereocenters. The van der Waals surface area contributed by atoms with Crippen molar-refractivity contribution in [3.8, 4) is 5.75 Å². The summed E-state index contributed by atoms with van der Waals surface area (Å²) < 4.78 is 40.0. The van der Waals surface area contributed by atoms with E-state index in [2.05, 4.69) is 0 Å². The summed E-state index contributed by atoms with van der Waals surface area (Å²) in [5, 5.41) is 0. The van der Waals surface area contributed by atoms with Gasteiger partial charge < -0.3 is 14.4 Å². The van der Waals surface area contributed by atoms with Gasteiger partial charge in [0, 0.05) is 32.7 Å². The molecule has 3 rings (SSSR count). The summed E-state index contributed by atoms with van der Waals surface area (Å²) in [4.78, 5) is 13.4. The van der Waals surface area contributed by atoms with E-state index in [0.717, 1.165) is 24.2 Å². The molecule has 1 unspecified atom stereocenters. The molecule has 1 aromatic carbocycles. The van der Waals surface area contributed by atoms with Crippen molar-refractivity contribution in [2.45, 2.75) is 32.7 Å². The van der Waals surface area contributed by atoms with E-state index in [0.29, 0.717) is 32.8 Å². The van der Waals surface area contributed by atoms with Crippen LogP contribution in [0.2, 0.25) is 0 Å². The fourth-order valence-electron chi connectivity index (χ4n) is 3.77. The maximum atomic E-state index is 13.2. The number of rotatable bonds is 6. The normalized spacial score (nSPS) is 21.6. The first-order chi connectivity index (χ1) is 13.5. The predicted molar refractivity (Wildman–Crippen MR) is 105 cm³/mol. The lowest BCUT2D eigenvalue weighted by atomic mass is 10.1. The summed E-state index contributed by atoms with van der Waals surface area (Å²) in [5.41, 5.74) is 0.981. The maximum Gasteiger partial charge on any atom is 0.409 e. The van der Waals surface area contributed by atoms with Gasteiger partial charge in [-0.3, -0.25) is 0 Å². The Labute approximate surface area is 167 Å². The van der Waals surface area contributed by atoms with Crippen LogP contribution < -0.4 is 4.74 Å². The molecule has 0 aromatic heterocycles. The minimum absolute atomic E-state index is 0.163. The van der Waals surface area contributed by atoms with E-state index < -0.39 is 10.2 Å². The van der Waals surface area contributed by atoms with E-state index in [9.17, 15) is 13.2 Å². The van der Waals surface area contributed by atoms with Gasteiger partial charge in [-0.2, -0.15) is 17.0 Å². The molecule has 0 spiro atoms. The van der Waals surface area contributed by atoms with Gasteiger partial charge >= 0.3 is 6.09 Å². The minimum Gasteiger partial charge on any atom is -0.494 e. The third kappa shape index (κ3) is 4.42. The molecule has 156 valence electrons. The summed E-state index contributed by atoms with van der Waals surface area (Å²) in [5.74, 6) is 0.786. The van der Waals surface area contributed by atoms with E-state index in [1.165, 1.54) is 4.31 Å². The zero-order chi connectivity index (χ0) is 20.1. The van der Waals surface area contributed by atoms with Gasteiger partial charge in [0.25, 0.3) is 10.2 Å². The SMILES string of the molecule is CCOC(=O)N1CCN(S(=O)(=O)N2CCCC2c2ccc(OCC)cc2)CC1. The van der Waals surface area contributed by atoms with Crippen molar-refractivity contribution in [3.05, 3.63) is 29.8 Å². The van der Waals surface area contributed by atoms with Gasteiger partial charge in [-0.25, -0.2) is 4.79 Å². The van der Waals surface area contributed by atoms with Crippen molar-refractivity contribution in [1.82, 2.24) is 13.5 Å². The molecule has 0 N–H and O–H groups in total. The molecule has 1 amide bonds. The number of ether oxygens (including phenoxy) is 2. The van der Waals surface area contributed by atoms with E-state index in [1.807, 2.05) is 31.2 Å². The van der Waals surface area contributed by atoms with Crippen LogP contribution in [0.3, 0.4) is 0 Å². The largest absolute Gasteiger partial charge is 0.494 e. The van der Waals surface area contributed by atoms with Gasteiger partial charge in [0.1, 0.15) is 5.75 Å². The van der Waals surface area contributed by atoms with Crippen molar-refractivity contribution in [3.63, 3.8) is 0 Å². The standard InChI is InChI=1S/C19H29N3O5S/c1-3-26-17-9-7-16(8-10-17)18-6-5-11-22(18)28(24,25)21-14-12-20(13-15-21)19(23)27-4-2/h7-10,18H,3-6,11-15H2,1-2H3. The second-order valence-electron chi connectivity index (χ2n) is 6.86. The zero-order valence-electron chi connectivity index (χ0n) is 16.5. The Hall–Kier alpha value is -1.84. The molecule has 28 heavy (non-hydrogen) atoms. The van der Waals surface area contributed by atoms with Crippen molar-refractivity contribution < 1.29 is 22.7 Å². The van der Waals surface area contributed by atoms with E-state index in [-0.39, 0.29) is 25.2 Å². The highest BCUT2D eigenvalue weighted by molar-refractivity contribution is 7.86. The van der Waals surface area contributed by atoms with Crippen LogP contribution in [0, 0.1) is 0 Å². The Morgan fingerprint density at radius 1 is 1.04 bits per heavy atom. The van der Waals surface area contributed by atoms with Gasteiger partial charge in [0.2, 0.25) is 0 Å². The molecule has 2 fully saturated rings. The average molecular weight is 412 g/mol. The lowest BCUT2D eigenvalue weighted by molar-refractivity contribution is 0.0923. The Morgan fingerprint density at radius 3 is 2.32 bits per heavy atom. The number of hydrogen-bond donors (Lipinski definition) is 0. The van der Waals surface area contributed by atoms with Crippen molar-refractivity contribution in [1.29, 1.82) is 0 Å². The average Bonchev–Trinajstić information content (AvgIpc) is 3.20. The molecule has 0 aliphatic carbocycles. The number of benzene rings is 1. The molecule has 0 saturated carbocycles. The molecular weight excluding hydrogens is 382 g/mol. The molecule has 2 aliphatic rings. The Morgan fingerprint density at radius 2 is 1.71 bits per heavy atom. The monoisotopic (exact) mass is 411 g/mol. The molecule has 8 nitrogen and oxygen atoms in total. The molecule has 9 heteroatoms. The number of hydrogen-bond acceptors (Lipinski definition) is 5. The van der Waals surface area contributed by atoms with Gasteiger partial charge in [-0.05, 0) is 44.4 Å². The predicted octanol–water partition coefficient (Wildman–Crippen LogP) is 2.24. The fraction of sp³-hybridized carbons (Fsp3) is 0.632. The third-order valence-electron chi connectivity index (χ3n) is 5.17. The van der Waals surface area contributed by atoms with Crippen molar-refractivity contribution in [2.75, 3.05) is 45.9 Å². The Bertz CT molecular complexity index is 760. The van der Waals surface area contributed by atoms with Crippen LogP contribution in [0.25, 0.3) is 0 Å². The maximum absolute atomic E-state index is 13.2. The summed E-state index contributed by atoms with van der Waals surface area (Å²) in [6, 6.07) is 7.51. The summed E-state index contributed by atoms with van der Waals surface area (Å²) in [6.07, 6.45) is 1.25. The molecule has 2 heterocycles. The lowest BCUT2D eigenvalue weighted by Gasteiger charge is -2.36. The van der Waals surface area contributed by atoms with Crippen LogP contribution in [-0.2, 0) is 14.9 Å².